The lowest BCUT2D eigenvalue weighted by Crippen LogP contribution is -2.29. The zero-order valence-electron chi connectivity index (χ0n) is 8.36. The molecule has 14 heavy (non-hydrogen) atoms. The van der Waals surface area contributed by atoms with Crippen molar-refractivity contribution in [3.8, 4) is 0 Å². The number of allylic oxidation sites excluding steroid dienone is 1. The molecule has 0 aromatic carbocycles. The van der Waals surface area contributed by atoms with Gasteiger partial charge in [-0.25, -0.2) is 8.42 Å². The number of hydrogen-bond acceptors (Lipinski definition) is 3. The highest BCUT2D eigenvalue weighted by molar-refractivity contribution is 7.95. The van der Waals surface area contributed by atoms with Crippen molar-refractivity contribution in [1.29, 1.82) is 0 Å². The second kappa shape index (κ2) is 3.35. The van der Waals surface area contributed by atoms with Crippen LogP contribution in [-0.4, -0.2) is 25.4 Å². The summed E-state index contributed by atoms with van der Waals surface area (Å²) in [4.78, 5) is 0.647. The fraction of sp³-hybridized carbons (Fsp3) is 0.800. The van der Waals surface area contributed by atoms with E-state index in [1.54, 1.807) is 0 Å². The Morgan fingerprint density at radius 2 is 2.14 bits per heavy atom. The van der Waals surface area contributed by atoms with Crippen LogP contribution < -0.4 is 0 Å². The fourth-order valence-corrected chi connectivity index (χ4v) is 4.75. The van der Waals surface area contributed by atoms with Gasteiger partial charge in [0.15, 0.2) is 9.84 Å². The first-order chi connectivity index (χ1) is 6.50. The standard InChI is InChI=1S/C10H16O3S/c1-7-5-9(11)6-8-3-2-4-14(12,13)10(7)8/h7,9,11H,2-6H2,1H3. The molecule has 0 bridgehead atoms. The van der Waals surface area contributed by atoms with E-state index in [-0.39, 0.29) is 12.0 Å². The molecule has 0 amide bonds. The Hall–Kier alpha value is -0.350. The van der Waals surface area contributed by atoms with Gasteiger partial charge in [-0.2, -0.15) is 0 Å². The van der Waals surface area contributed by atoms with Crippen LogP contribution in [0.4, 0.5) is 0 Å². The summed E-state index contributed by atoms with van der Waals surface area (Å²) in [6, 6.07) is 0. The molecule has 3 nitrogen and oxygen atoms in total. The van der Waals surface area contributed by atoms with E-state index in [1.165, 1.54) is 0 Å². The lowest BCUT2D eigenvalue weighted by atomic mass is 9.87. The van der Waals surface area contributed by atoms with Crippen molar-refractivity contribution in [3.63, 3.8) is 0 Å². The van der Waals surface area contributed by atoms with Crippen LogP contribution in [0.5, 0.6) is 0 Å². The van der Waals surface area contributed by atoms with Gasteiger partial charge in [0, 0.05) is 4.91 Å². The van der Waals surface area contributed by atoms with E-state index in [4.69, 9.17) is 0 Å². The van der Waals surface area contributed by atoms with E-state index >= 15 is 0 Å². The van der Waals surface area contributed by atoms with Gasteiger partial charge in [0.05, 0.1) is 11.9 Å². The minimum atomic E-state index is -2.99. The van der Waals surface area contributed by atoms with Crippen LogP contribution in [0.3, 0.4) is 0 Å². The maximum absolute atomic E-state index is 11.8. The zero-order valence-corrected chi connectivity index (χ0v) is 9.18. The first kappa shape index (κ1) is 10.2. The van der Waals surface area contributed by atoms with Crippen molar-refractivity contribution >= 4 is 9.84 Å². The molecular formula is C10H16O3S. The molecule has 1 N–H and O–H groups in total. The molecule has 1 aliphatic carbocycles. The largest absolute Gasteiger partial charge is 0.393 e. The molecule has 2 unspecified atom stereocenters. The molecule has 0 aromatic heterocycles. The number of sulfone groups is 1. The van der Waals surface area contributed by atoms with Gasteiger partial charge in [-0.1, -0.05) is 12.5 Å². The average Bonchev–Trinajstić information content (AvgIpc) is 2.00. The first-order valence-electron chi connectivity index (χ1n) is 5.13. The Balaban J connectivity index is 2.47. The Kier molecular flexibility index (Phi) is 2.43. The van der Waals surface area contributed by atoms with Crippen molar-refractivity contribution in [2.45, 2.75) is 38.7 Å². The van der Waals surface area contributed by atoms with Crippen molar-refractivity contribution in [1.82, 2.24) is 0 Å². The summed E-state index contributed by atoms with van der Waals surface area (Å²) in [6.07, 6.45) is 2.41. The highest BCUT2D eigenvalue weighted by Gasteiger charge is 2.35. The van der Waals surface area contributed by atoms with Crippen molar-refractivity contribution in [2.75, 3.05) is 5.75 Å². The Labute approximate surface area is 84.7 Å². The van der Waals surface area contributed by atoms with Crippen LogP contribution in [0.25, 0.3) is 0 Å². The number of hydrogen-bond donors (Lipinski definition) is 1. The minimum absolute atomic E-state index is 0.0130. The molecule has 2 aliphatic rings. The molecule has 2 atom stereocenters. The summed E-state index contributed by atoms with van der Waals surface area (Å²) in [5, 5.41) is 9.56. The van der Waals surface area contributed by atoms with Gasteiger partial charge < -0.3 is 5.11 Å². The van der Waals surface area contributed by atoms with Crippen LogP contribution in [0.2, 0.25) is 0 Å². The van der Waals surface area contributed by atoms with Crippen molar-refractivity contribution in [2.24, 2.45) is 5.92 Å². The lowest BCUT2D eigenvalue weighted by Gasteiger charge is -2.31. The van der Waals surface area contributed by atoms with Gasteiger partial charge in [0.2, 0.25) is 0 Å². The van der Waals surface area contributed by atoms with Gasteiger partial charge in [0.25, 0.3) is 0 Å². The van der Waals surface area contributed by atoms with Gasteiger partial charge in [-0.15, -0.1) is 0 Å². The molecule has 4 heteroatoms. The lowest BCUT2D eigenvalue weighted by molar-refractivity contribution is 0.143. The second-order valence-corrected chi connectivity index (χ2v) is 6.46. The molecule has 0 saturated carbocycles. The predicted molar refractivity (Wildman–Crippen MR) is 54.5 cm³/mol. The van der Waals surface area contributed by atoms with Crippen LogP contribution in [0.15, 0.2) is 10.5 Å². The molecule has 0 fully saturated rings. The van der Waals surface area contributed by atoms with Crippen LogP contribution in [0.1, 0.15) is 32.6 Å². The summed E-state index contributed by atoms with van der Waals surface area (Å²) < 4.78 is 23.6. The maximum Gasteiger partial charge on any atom is 0.174 e. The molecule has 1 aliphatic heterocycles. The normalized spacial score (nSPS) is 36.7. The van der Waals surface area contributed by atoms with Gasteiger partial charge in [-0.05, 0) is 31.6 Å². The molecule has 0 spiro atoms. The summed E-state index contributed by atoms with van der Waals surface area (Å²) in [6.45, 7) is 1.90. The second-order valence-electron chi connectivity index (χ2n) is 4.38. The molecule has 0 radical (unpaired) electrons. The van der Waals surface area contributed by atoms with E-state index in [0.717, 1.165) is 18.4 Å². The number of aliphatic hydroxyl groups is 1. The monoisotopic (exact) mass is 216 g/mol. The SMILES string of the molecule is CC1CC(O)CC2=C1S(=O)(=O)CCC2. The van der Waals surface area contributed by atoms with E-state index in [1.807, 2.05) is 6.92 Å². The molecule has 80 valence electrons. The number of aliphatic hydroxyl groups excluding tert-OH is 1. The minimum Gasteiger partial charge on any atom is -0.393 e. The third-order valence-electron chi connectivity index (χ3n) is 3.13. The molecule has 0 saturated heterocycles. The third kappa shape index (κ3) is 1.61. The van der Waals surface area contributed by atoms with Crippen molar-refractivity contribution in [3.05, 3.63) is 10.5 Å². The summed E-state index contributed by atoms with van der Waals surface area (Å²) in [5.74, 6) is 0.311. The number of rotatable bonds is 0. The van der Waals surface area contributed by atoms with E-state index in [2.05, 4.69) is 0 Å². The Bertz CT molecular complexity index is 367. The quantitative estimate of drug-likeness (QED) is 0.663. The highest BCUT2D eigenvalue weighted by Crippen LogP contribution is 2.39. The van der Waals surface area contributed by atoms with Crippen molar-refractivity contribution < 1.29 is 13.5 Å². The predicted octanol–water partition coefficient (Wildman–Crippen LogP) is 1.24. The van der Waals surface area contributed by atoms with Gasteiger partial charge in [0.1, 0.15) is 0 Å². The molecule has 1 heterocycles. The van der Waals surface area contributed by atoms with E-state index in [9.17, 15) is 13.5 Å². The van der Waals surface area contributed by atoms with Gasteiger partial charge >= 0.3 is 0 Å². The Morgan fingerprint density at radius 3 is 2.86 bits per heavy atom. The van der Waals surface area contributed by atoms with Crippen LogP contribution in [-0.2, 0) is 9.84 Å². The third-order valence-corrected chi connectivity index (χ3v) is 5.32. The maximum atomic E-state index is 11.8. The average molecular weight is 216 g/mol. The van der Waals surface area contributed by atoms with E-state index in [0.29, 0.717) is 23.5 Å². The molecule has 0 aromatic rings. The van der Waals surface area contributed by atoms with Gasteiger partial charge in [-0.3, -0.25) is 0 Å². The molecular weight excluding hydrogens is 200 g/mol. The summed E-state index contributed by atoms with van der Waals surface area (Å²) >= 11 is 0. The smallest absolute Gasteiger partial charge is 0.174 e. The Morgan fingerprint density at radius 1 is 1.43 bits per heavy atom. The highest BCUT2D eigenvalue weighted by atomic mass is 32.2. The van der Waals surface area contributed by atoms with E-state index < -0.39 is 9.84 Å². The summed E-state index contributed by atoms with van der Waals surface area (Å²) in [7, 11) is -2.99. The fourth-order valence-electron chi connectivity index (χ4n) is 2.67. The summed E-state index contributed by atoms with van der Waals surface area (Å²) in [5.41, 5.74) is 0.988. The topological polar surface area (TPSA) is 54.4 Å². The molecule has 2 rings (SSSR count). The van der Waals surface area contributed by atoms with Crippen LogP contribution in [0, 0.1) is 5.92 Å². The zero-order chi connectivity index (χ0) is 10.3. The van der Waals surface area contributed by atoms with Crippen LogP contribution >= 0.6 is 0 Å². The first-order valence-corrected chi connectivity index (χ1v) is 6.78.